The van der Waals surface area contributed by atoms with Crippen LogP contribution in [0, 0.1) is 0 Å². The van der Waals surface area contributed by atoms with Crippen molar-refractivity contribution in [1.29, 1.82) is 0 Å². The maximum absolute atomic E-state index is 3.64. The minimum Gasteiger partial charge on any atom is -0.313 e. The molecule has 1 atom stereocenters. The molecular weight excluding hydrogens is 410 g/mol. The van der Waals surface area contributed by atoms with Crippen molar-refractivity contribution in [3.8, 4) is 0 Å². The van der Waals surface area contributed by atoms with Crippen LogP contribution in [0.25, 0.3) is 0 Å². The van der Waals surface area contributed by atoms with Gasteiger partial charge in [-0.05, 0) is 48.9 Å². The Kier molecular flexibility index (Phi) is 7.30. The molecule has 0 radical (unpaired) electrons. The molecule has 2 rings (SSSR count). The fourth-order valence-electron chi connectivity index (χ4n) is 2.14. The third-order valence-electron chi connectivity index (χ3n) is 3.18. The predicted molar refractivity (Wildman–Crippen MR) is 100 cm³/mol. The smallest absolute Gasteiger partial charge is 0.0207 e. The van der Waals surface area contributed by atoms with Gasteiger partial charge in [0.1, 0.15) is 0 Å². The Morgan fingerprint density at radius 3 is 2.43 bits per heavy atom. The Bertz CT molecular complexity index is 557. The van der Waals surface area contributed by atoms with Crippen LogP contribution in [0.4, 0.5) is 0 Å². The lowest BCUT2D eigenvalue weighted by Gasteiger charge is -2.18. The molecule has 112 valence electrons. The summed E-state index contributed by atoms with van der Waals surface area (Å²) in [7, 11) is 0. The van der Waals surface area contributed by atoms with E-state index >= 15 is 0 Å². The van der Waals surface area contributed by atoms with Crippen molar-refractivity contribution < 1.29 is 0 Å². The highest BCUT2D eigenvalue weighted by Gasteiger charge is 2.11. The molecule has 0 aliphatic rings. The quantitative estimate of drug-likeness (QED) is 0.582. The zero-order chi connectivity index (χ0) is 15.1. The molecular formula is C17H19Br2NS. The topological polar surface area (TPSA) is 12.0 Å². The normalized spacial score (nSPS) is 12.3. The van der Waals surface area contributed by atoms with E-state index in [-0.39, 0.29) is 0 Å². The summed E-state index contributed by atoms with van der Waals surface area (Å²) in [4.78, 5) is 1.31. The van der Waals surface area contributed by atoms with Gasteiger partial charge in [0.05, 0.1) is 0 Å². The van der Waals surface area contributed by atoms with Crippen molar-refractivity contribution in [2.24, 2.45) is 0 Å². The highest BCUT2D eigenvalue weighted by molar-refractivity contribution is 9.10. The number of halogens is 2. The standard InChI is InChI=1S/C17H19Br2NS/c1-2-20-15(11-13-5-3-4-6-17(13)19)12-21-16-9-7-14(18)8-10-16/h3-10,15,20H,2,11-12H2,1H3. The van der Waals surface area contributed by atoms with E-state index in [4.69, 9.17) is 0 Å². The molecule has 21 heavy (non-hydrogen) atoms. The van der Waals surface area contributed by atoms with Crippen molar-refractivity contribution in [1.82, 2.24) is 5.32 Å². The monoisotopic (exact) mass is 427 g/mol. The number of nitrogens with one attached hydrogen (secondary N) is 1. The number of thioether (sulfide) groups is 1. The van der Waals surface area contributed by atoms with E-state index in [1.165, 1.54) is 14.9 Å². The number of likely N-dealkylation sites (N-methyl/N-ethyl adjacent to an activating group) is 1. The van der Waals surface area contributed by atoms with Gasteiger partial charge in [-0.25, -0.2) is 0 Å². The lowest BCUT2D eigenvalue weighted by Crippen LogP contribution is -2.33. The molecule has 0 aliphatic heterocycles. The second-order valence-electron chi connectivity index (χ2n) is 4.82. The van der Waals surface area contributed by atoms with E-state index in [9.17, 15) is 0 Å². The first-order chi connectivity index (χ1) is 10.2. The summed E-state index contributed by atoms with van der Waals surface area (Å²) in [5.41, 5.74) is 1.36. The molecule has 1 N–H and O–H groups in total. The largest absolute Gasteiger partial charge is 0.313 e. The molecule has 2 aromatic rings. The van der Waals surface area contributed by atoms with Crippen molar-refractivity contribution in [2.45, 2.75) is 24.3 Å². The highest BCUT2D eigenvalue weighted by atomic mass is 79.9. The molecule has 0 amide bonds. The van der Waals surface area contributed by atoms with Crippen LogP contribution in [0.15, 0.2) is 62.4 Å². The molecule has 0 aromatic heterocycles. The van der Waals surface area contributed by atoms with Crippen molar-refractivity contribution in [3.05, 3.63) is 63.0 Å². The van der Waals surface area contributed by atoms with Gasteiger partial charge in [-0.1, -0.05) is 57.0 Å². The van der Waals surface area contributed by atoms with Crippen LogP contribution >= 0.6 is 43.6 Å². The molecule has 0 fully saturated rings. The van der Waals surface area contributed by atoms with Gasteiger partial charge >= 0.3 is 0 Å². The number of rotatable bonds is 7. The third-order valence-corrected chi connectivity index (χ3v) is 5.66. The van der Waals surface area contributed by atoms with Gasteiger partial charge in [-0.3, -0.25) is 0 Å². The molecule has 4 heteroatoms. The van der Waals surface area contributed by atoms with Gasteiger partial charge in [-0.15, -0.1) is 11.8 Å². The molecule has 0 bridgehead atoms. The second kappa shape index (κ2) is 8.99. The molecule has 1 unspecified atom stereocenters. The first-order valence-electron chi connectivity index (χ1n) is 7.04. The fraction of sp³-hybridized carbons (Fsp3) is 0.294. The zero-order valence-corrected chi connectivity index (χ0v) is 16.0. The first-order valence-corrected chi connectivity index (χ1v) is 9.61. The van der Waals surface area contributed by atoms with Gasteiger partial charge in [0.25, 0.3) is 0 Å². The predicted octanol–water partition coefficient (Wildman–Crippen LogP) is 5.52. The van der Waals surface area contributed by atoms with E-state index in [0.717, 1.165) is 23.2 Å². The Balaban J connectivity index is 1.95. The summed E-state index contributed by atoms with van der Waals surface area (Å²) in [6, 6.07) is 17.5. The minimum absolute atomic E-state index is 0.474. The number of hydrogen-bond donors (Lipinski definition) is 1. The maximum atomic E-state index is 3.64. The van der Waals surface area contributed by atoms with E-state index in [2.05, 4.69) is 92.6 Å². The maximum Gasteiger partial charge on any atom is 0.0207 e. The summed E-state index contributed by atoms with van der Waals surface area (Å²) in [6.45, 7) is 3.16. The van der Waals surface area contributed by atoms with Gasteiger partial charge < -0.3 is 5.32 Å². The molecule has 0 spiro atoms. The fourth-order valence-corrected chi connectivity index (χ4v) is 3.80. The molecule has 1 nitrogen and oxygen atoms in total. The summed E-state index contributed by atoms with van der Waals surface area (Å²) in [6.07, 6.45) is 1.04. The summed E-state index contributed by atoms with van der Waals surface area (Å²) < 4.78 is 2.32. The molecule has 0 saturated carbocycles. The van der Waals surface area contributed by atoms with Gasteiger partial charge in [0.2, 0.25) is 0 Å². The van der Waals surface area contributed by atoms with Crippen LogP contribution in [0.3, 0.4) is 0 Å². The molecule has 0 saturated heterocycles. The van der Waals surface area contributed by atoms with Gasteiger partial charge in [0.15, 0.2) is 0 Å². The van der Waals surface area contributed by atoms with Crippen LogP contribution in [0.1, 0.15) is 12.5 Å². The molecule has 0 aliphatic carbocycles. The van der Waals surface area contributed by atoms with Crippen LogP contribution in [0.5, 0.6) is 0 Å². The van der Waals surface area contributed by atoms with Crippen LogP contribution in [-0.4, -0.2) is 18.3 Å². The lowest BCUT2D eigenvalue weighted by molar-refractivity contribution is 0.572. The Labute approximate surface area is 148 Å². The first kappa shape index (κ1) is 17.1. The average molecular weight is 429 g/mol. The number of benzene rings is 2. The summed E-state index contributed by atoms with van der Waals surface area (Å²) in [5.74, 6) is 1.07. The molecule has 2 aromatic carbocycles. The van der Waals surface area contributed by atoms with E-state index in [1.54, 1.807) is 0 Å². The second-order valence-corrected chi connectivity index (χ2v) is 7.68. The Morgan fingerprint density at radius 1 is 1.05 bits per heavy atom. The van der Waals surface area contributed by atoms with Crippen LogP contribution in [0.2, 0.25) is 0 Å². The minimum atomic E-state index is 0.474. The van der Waals surface area contributed by atoms with Crippen LogP contribution < -0.4 is 5.32 Å². The average Bonchev–Trinajstić information content (AvgIpc) is 2.49. The van der Waals surface area contributed by atoms with E-state index in [0.29, 0.717) is 6.04 Å². The SMILES string of the molecule is CCNC(CSc1ccc(Br)cc1)Cc1ccccc1Br. The zero-order valence-electron chi connectivity index (χ0n) is 12.0. The van der Waals surface area contributed by atoms with Crippen molar-refractivity contribution >= 4 is 43.6 Å². The highest BCUT2D eigenvalue weighted by Crippen LogP contribution is 2.23. The van der Waals surface area contributed by atoms with E-state index < -0.39 is 0 Å². The third kappa shape index (κ3) is 5.78. The number of hydrogen-bond acceptors (Lipinski definition) is 2. The lowest BCUT2D eigenvalue weighted by atomic mass is 10.1. The summed E-state index contributed by atoms with van der Waals surface area (Å²) in [5, 5.41) is 3.59. The van der Waals surface area contributed by atoms with E-state index in [1.807, 2.05) is 11.8 Å². The van der Waals surface area contributed by atoms with Crippen molar-refractivity contribution in [2.75, 3.05) is 12.3 Å². The summed E-state index contributed by atoms with van der Waals surface area (Å²) >= 11 is 9.02. The Hall–Kier alpha value is -0.290. The van der Waals surface area contributed by atoms with Gasteiger partial charge in [0, 0.05) is 25.6 Å². The molecule has 0 heterocycles. The Morgan fingerprint density at radius 2 is 1.76 bits per heavy atom. The van der Waals surface area contributed by atoms with Crippen molar-refractivity contribution in [3.63, 3.8) is 0 Å². The van der Waals surface area contributed by atoms with Gasteiger partial charge in [-0.2, -0.15) is 0 Å². The van der Waals surface area contributed by atoms with Crippen LogP contribution in [-0.2, 0) is 6.42 Å².